The highest BCUT2D eigenvalue weighted by molar-refractivity contribution is 4.88. The lowest BCUT2D eigenvalue weighted by molar-refractivity contribution is 0.129. The zero-order valence-electron chi connectivity index (χ0n) is 10.9. The molecule has 0 aliphatic heterocycles. The van der Waals surface area contributed by atoms with Crippen LogP contribution in [0.25, 0.3) is 0 Å². The van der Waals surface area contributed by atoms with Gasteiger partial charge in [-0.25, -0.2) is 0 Å². The molecule has 0 aromatic carbocycles. The molecule has 2 heteroatoms. The van der Waals surface area contributed by atoms with Crippen LogP contribution in [-0.2, 0) is 0 Å². The summed E-state index contributed by atoms with van der Waals surface area (Å²) >= 11 is 0. The molecule has 2 aliphatic carbocycles. The van der Waals surface area contributed by atoms with Crippen LogP contribution in [0.1, 0.15) is 52.4 Å². The summed E-state index contributed by atoms with van der Waals surface area (Å²) in [5.74, 6) is 3.19. The Balaban J connectivity index is 1.88. The van der Waals surface area contributed by atoms with Crippen LogP contribution in [-0.4, -0.2) is 12.1 Å². The van der Waals surface area contributed by atoms with Gasteiger partial charge in [0.25, 0.3) is 0 Å². The Kier molecular flexibility index (Phi) is 3.91. The summed E-state index contributed by atoms with van der Waals surface area (Å²) in [6.07, 6.45) is 7.92. The van der Waals surface area contributed by atoms with Gasteiger partial charge in [-0.05, 0) is 62.2 Å². The quantitative estimate of drug-likeness (QED) is 0.719. The molecule has 2 saturated carbocycles. The summed E-state index contributed by atoms with van der Waals surface area (Å²) in [5.41, 5.74) is 12.4. The molecular formula is C14H28N2. The van der Waals surface area contributed by atoms with Crippen molar-refractivity contribution in [3.63, 3.8) is 0 Å². The molecule has 0 spiro atoms. The van der Waals surface area contributed by atoms with Crippen molar-refractivity contribution in [2.24, 2.45) is 35.1 Å². The summed E-state index contributed by atoms with van der Waals surface area (Å²) < 4.78 is 0. The summed E-state index contributed by atoms with van der Waals surface area (Å²) in [6, 6.07) is 0.878. The summed E-state index contributed by atoms with van der Waals surface area (Å²) in [7, 11) is 0. The fourth-order valence-corrected chi connectivity index (χ4v) is 3.64. The topological polar surface area (TPSA) is 52.0 Å². The zero-order chi connectivity index (χ0) is 11.7. The van der Waals surface area contributed by atoms with Gasteiger partial charge in [0.2, 0.25) is 0 Å². The molecule has 2 nitrogen and oxygen atoms in total. The molecule has 0 heterocycles. The molecule has 2 rings (SSSR count). The summed E-state index contributed by atoms with van der Waals surface area (Å²) in [5, 5.41) is 0. The van der Waals surface area contributed by atoms with E-state index in [9.17, 15) is 0 Å². The number of hydrogen-bond donors (Lipinski definition) is 2. The third-order valence-corrected chi connectivity index (χ3v) is 5.26. The Morgan fingerprint density at radius 3 is 1.38 bits per heavy atom. The first-order valence-corrected chi connectivity index (χ1v) is 7.09. The SMILES string of the molecule is CC1CCC(C2CCC(C)C(N)C2)CC1N. The van der Waals surface area contributed by atoms with Crippen molar-refractivity contribution < 1.29 is 0 Å². The van der Waals surface area contributed by atoms with E-state index >= 15 is 0 Å². The third-order valence-electron chi connectivity index (χ3n) is 5.26. The zero-order valence-corrected chi connectivity index (χ0v) is 10.9. The number of nitrogens with two attached hydrogens (primary N) is 2. The highest BCUT2D eigenvalue weighted by atomic mass is 14.7. The van der Waals surface area contributed by atoms with Crippen LogP contribution in [0.15, 0.2) is 0 Å². The second kappa shape index (κ2) is 5.05. The normalized spacial score (nSPS) is 50.2. The second-order valence-corrected chi connectivity index (χ2v) is 6.43. The van der Waals surface area contributed by atoms with E-state index in [1.807, 2.05) is 0 Å². The molecule has 0 saturated heterocycles. The summed E-state index contributed by atoms with van der Waals surface area (Å²) in [6.45, 7) is 4.60. The smallest absolute Gasteiger partial charge is 0.00672 e. The molecule has 6 atom stereocenters. The van der Waals surface area contributed by atoms with E-state index < -0.39 is 0 Å². The van der Waals surface area contributed by atoms with Gasteiger partial charge in [0, 0.05) is 12.1 Å². The molecule has 0 radical (unpaired) electrons. The highest BCUT2D eigenvalue weighted by Crippen LogP contribution is 2.40. The number of hydrogen-bond acceptors (Lipinski definition) is 2. The van der Waals surface area contributed by atoms with Crippen molar-refractivity contribution in [3.8, 4) is 0 Å². The van der Waals surface area contributed by atoms with Gasteiger partial charge in [0.15, 0.2) is 0 Å². The van der Waals surface area contributed by atoms with Gasteiger partial charge in [-0.1, -0.05) is 13.8 Å². The Hall–Kier alpha value is -0.0800. The van der Waals surface area contributed by atoms with Gasteiger partial charge in [-0.15, -0.1) is 0 Å². The Morgan fingerprint density at radius 1 is 0.688 bits per heavy atom. The van der Waals surface area contributed by atoms with Crippen molar-refractivity contribution in [1.29, 1.82) is 0 Å². The molecule has 2 aliphatic rings. The second-order valence-electron chi connectivity index (χ2n) is 6.43. The van der Waals surface area contributed by atoms with Gasteiger partial charge in [-0.3, -0.25) is 0 Å². The fourth-order valence-electron chi connectivity index (χ4n) is 3.64. The van der Waals surface area contributed by atoms with Crippen LogP contribution in [0.3, 0.4) is 0 Å². The van der Waals surface area contributed by atoms with Crippen LogP contribution in [0, 0.1) is 23.7 Å². The highest BCUT2D eigenvalue weighted by Gasteiger charge is 2.34. The van der Waals surface area contributed by atoms with Crippen molar-refractivity contribution >= 4 is 0 Å². The minimum absolute atomic E-state index is 0.439. The van der Waals surface area contributed by atoms with Crippen molar-refractivity contribution in [1.82, 2.24) is 0 Å². The third kappa shape index (κ3) is 2.60. The minimum atomic E-state index is 0.439. The Bertz CT molecular complexity index is 205. The van der Waals surface area contributed by atoms with Crippen LogP contribution < -0.4 is 11.5 Å². The van der Waals surface area contributed by atoms with Gasteiger partial charge in [0.1, 0.15) is 0 Å². The molecule has 0 bridgehead atoms. The van der Waals surface area contributed by atoms with Crippen molar-refractivity contribution in [2.75, 3.05) is 0 Å². The van der Waals surface area contributed by atoms with Crippen LogP contribution in [0.4, 0.5) is 0 Å². The lowest BCUT2D eigenvalue weighted by Crippen LogP contribution is -2.42. The first-order chi connectivity index (χ1) is 7.58. The predicted octanol–water partition coefficient (Wildman–Crippen LogP) is 2.51. The van der Waals surface area contributed by atoms with Crippen LogP contribution in [0.5, 0.6) is 0 Å². The molecule has 6 unspecified atom stereocenters. The molecule has 4 N–H and O–H groups in total. The largest absolute Gasteiger partial charge is 0.327 e. The average Bonchev–Trinajstić information content (AvgIpc) is 2.26. The molecule has 0 aromatic rings. The van der Waals surface area contributed by atoms with E-state index in [-0.39, 0.29) is 0 Å². The van der Waals surface area contributed by atoms with Gasteiger partial charge < -0.3 is 11.5 Å². The first-order valence-electron chi connectivity index (χ1n) is 7.09. The molecule has 16 heavy (non-hydrogen) atoms. The van der Waals surface area contributed by atoms with E-state index in [0.717, 1.165) is 23.7 Å². The molecule has 94 valence electrons. The number of rotatable bonds is 1. The minimum Gasteiger partial charge on any atom is -0.327 e. The Morgan fingerprint density at radius 2 is 1.06 bits per heavy atom. The summed E-state index contributed by atoms with van der Waals surface area (Å²) in [4.78, 5) is 0. The molecular weight excluding hydrogens is 196 g/mol. The van der Waals surface area contributed by atoms with Crippen molar-refractivity contribution in [2.45, 2.75) is 64.5 Å². The lowest BCUT2D eigenvalue weighted by atomic mass is 9.67. The monoisotopic (exact) mass is 224 g/mol. The lowest BCUT2D eigenvalue weighted by Gasteiger charge is -2.41. The van der Waals surface area contributed by atoms with Crippen LogP contribution >= 0.6 is 0 Å². The average molecular weight is 224 g/mol. The standard InChI is InChI=1S/C14H28N2/c1-9-3-5-11(7-13(9)15)12-6-4-10(2)14(16)8-12/h9-14H,3-8,15-16H2,1-2H3. The molecule has 0 aromatic heterocycles. The van der Waals surface area contributed by atoms with Gasteiger partial charge >= 0.3 is 0 Å². The first kappa shape index (κ1) is 12.4. The fraction of sp³-hybridized carbons (Fsp3) is 1.00. The van der Waals surface area contributed by atoms with Crippen LogP contribution in [0.2, 0.25) is 0 Å². The maximum Gasteiger partial charge on any atom is 0.00672 e. The van der Waals surface area contributed by atoms with Gasteiger partial charge in [-0.2, -0.15) is 0 Å². The van der Waals surface area contributed by atoms with E-state index in [1.165, 1.54) is 38.5 Å². The van der Waals surface area contributed by atoms with E-state index in [1.54, 1.807) is 0 Å². The Labute approximate surface area is 100 Å². The van der Waals surface area contributed by atoms with E-state index in [4.69, 9.17) is 11.5 Å². The van der Waals surface area contributed by atoms with Gasteiger partial charge in [0.05, 0.1) is 0 Å². The predicted molar refractivity (Wildman–Crippen MR) is 69.0 cm³/mol. The molecule has 0 amide bonds. The van der Waals surface area contributed by atoms with E-state index in [0.29, 0.717) is 12.1 Å². The molecule has 2 fully saturated rings. The maximum atomic E-state index is 6.21. The maximum absolute atomic E-state index is 6.21. The van der Waals surface area contributed by atoms with Crippen molar-refractivity contribution in [3.05, 3.63) is 0 Å². The van der Waals surface area contributed by atoms with E-state index in [2.05, 4.69) is 13.8 Å².